The molecule has 0 unspecified atom stereocenters. The van der Waals surface area contributed by atoms with Gasteiger partial charge in [0, 0.05) is 67.6 Å². The van der Waals surface area contributed by atoms with E-state index in [4.69, 9.17) is 8.83 Å². The van der Waals surface area contributed by atoms with Crippen LogP contribution in [0.4, 0.5) is 102 Å². The SMILES string of the molecule is c1ccc(N(c2ccccc2)c2cc(N(c3ccccc3)c3cccc(N(c4ccccc4)c4cc(N(c5ccccc5)c5ccccc5)cc(N(c5ccccc5)c5cccc6oc7ccccc7c56)c4)c3)cc(N(c3ccccc3)c3cccc4oc5ccccc5c34)c2)cc1. The summed E-state index contributed by atoms with van der Waals surface area (Å²) >= 11 is 0. The molecular weight excluding hydrogens is 1200 g/mol. The van der Waals surface area contributed by atoms with Crippen LogP contribution in [0.3, 0.4) is 0 Å². The highest BCUT2D eigenvalue weighted by Gasteiger charge is 2.28. The molecule has 0 atom stereocenters. The molecule has 15 aromatic carbocycles. The summed E-state index contributed by atoms with van der Waals surface area (Å²) < 4.78 is 13.3. The van der Waals surface area contributed by atoms with Crippen LogP contribution in [0.2, 0.25) is 0 Å². The largest absolute Gasteiger partial charge is 0.456 e. The summed E-state index contributed by atoms with van der Waals surface area (Å²) in [7, 11) is 0. The number of benzene rings is 15. The zero-order valence-corrected chi connectivity index (χ0v) is 53.5. The van der Waals surface area contributed by atoms with Crippen molar-refractivity contribution in [2.75, 3.05) is 29.4 Å². The maximum atomic E-state index is 6.65. The van der Waals surface area contributed by atoms with Crippen LogP contribution in [-0.4, -0.2) is 0 Å². The van der Waals surface area contributed by atoms with Crippen LogP contribution < -0.4 is 29.4 Å². The lowest BCUT2D eigenvalue weighted by atomic mass is 10.1. The first-order valence-corrected chi connectivity index (χ1v) is 33.1. The second kappa shape index (κ2) is 25.9. The summed E-state index contributed by atoms with van der Waals surface area (Å²) in [6.07, 6.45) is 0. The summed E-state index contributed by atoms with van der Waals surface area (Å²) in [5.41, 5.74) is 20.8. The van der Waals surface area contributed by atoms with Crippen molar-refractivity contribution < 1.29 is 8.83 Å². The molecule has 0 aliphatic rings. The summed E-state index contributed by atoms with van der Waals surface area (Å²) in [4.78, 5) is 14.3. The van der Waals surface area contributed by atoms with Gasteiger partial charge in [0.25, 0.3) is 0 Å². The molecule has 17 rings (SSSR count). The number of hydrogen-bond donors (Lipinski definition) is 0. The van der Waals surface area contributed by atoms with Gasteiger partial charge in [-0.3, -0.25) is 0 Å². The van der Waals surface area contributed by atoms with Crippen LogP contribution in [0.5, 0.6) is 0 Å². The number of rotatable bonds is 18. The van der Waals surface area contributed by atoms with Crippen molar-refractivity contribution in [3.63, 3.8) is 0 Å². The van der Waals surface area contributed by atoms with Crippen LogP contribution in [-0.2, 0) is 0 Å². The Morgan fingerprint density at radius 1 is 0.143 bits per heavy atom. The third kappa shape index (κ3) is 11.1. The molecule has 17 aromatic rings. The average molecular weight is 1260 g/mol. The first-order chi connectivity index (χ1) is 48.6. The molecule has 0 spiro atoms. The van der Waals surface area contributed by atoms with Gasteiger partial charge >= 0.3 is 0 Å². The van der Waals surface area contributed by atoms with E-state index in [0.717, 1.165) is 146 Å². The smallest absolute Gasteiger partial charge is 0.137 e. The highest BCUT2D eigenvalue weighted by Crippen LogP contribution is 2.52. The topological polar surface area (TPSA) is 45.7 Å². The number of fused-ring (bicyclic) bond motifs is 6. The van der Waals surface area contributed by atoms with Gasteiger partial charge in [-0.15, -0.1) is 0 Å². The fourth-order valence-electron chi connectivity index (χ4n) is 13.8. The molecule has 0 saturated carbocycles. The maximum absolute atomic E-state index is 6.65. The highest BCUT2D eigenvalue weighted by molar-refractivity contribution is 6.15. The predicted molar refractivity (Wildman–Crippen MR) is 409 cm³/mol. The minimum atomic E-state index is 0.809. The molecule has 98 heavy (non-hydrogen) atoms. The Kier molecular flexibility index (Phi) is 15.5. The first kappa shape index (κ1) is 58.5. The van der Waals surface area contributed by atoms with Crippen molar-refractivity contribution >= 4 is 146 Å². The van der Waals surface area contributed by atoms with Gasteiger partial charge in [-0.1, -0.05) is 200 Å². The molecule has 0 N–H and O–H groups in total. The predicted octanol–water partition coefficient (Wildman–Crippen LogP) is 26.3. The van der Waals surface area contributed by atoms with Crippen LogP contribution in [0, 0.1) is 0 Å². The molecule has 8 nitrogen and oxygen atoms in total. The lowest BCUT2D eigenvalue weighted by Gasteiger charge is -2.34. The Balaban J connectivity index is 0.915. The van der Waals surface area contributed by atoms with E-state index >= 15 is 0 Å². The second-order valence-corrected chi connectivity index (χ2v) is 24.1. The van der Waals surface area contributed by atoms with Gasteiger partial charge in [-0.25, -0.2) is 0 Å². The van der Waals surface area contributed by atoms with Crippen LogP contribution in [0.15, 0.2) is 397 Å². The Labute approximate surface area is 569 Å². The minimum Gasteiger partial charge on any atom is -0.456 e. The number of nitrogens with zero attached hydrogens (tertiary/aromatic N) is 6. The molecule has 0 radical (unpaired) electrons. The zero-order valence-electron chi connectivity index (χ0n) is 53.5. The minimum absolute atomic E-state index is 0.809. The molecule has 0 bridgehead atoms. The molecular formula is C90H64N6O2. The Bertz CT molecular complexity index is 5180. The maximum Gasteiger partial charge on any atom is 0.137 e. The Hall–Kier alpha value is -13.3. The molecule has 0 amide bonds. The molecule has 0 aliphatic heterocycles. The summed E-state index contributed by atoms with van der Waals surface area (Å²) in [6, 6.07) is 138. The molecule has 0 saturated heterocycles. The van der Waals surface area contributed by atoms with Gasteiger partial charge in [0.15, 0.2) is 0 Å². The highest BCUT2D eigenvalue weighted by atomic mass is 16.3. The Morgan fingerprint density at radius 3 is 0.622 bits per heavy atom. The number of hydrogen-bond acceptors (Lipinski definition) is 8. The number of furan rings is 2. The van der Waals surface area contributed by atoms with Gasteiger partial charge in [0.1, 0.15) is 22.3 Å². The lowest BCUT2D eigenvalue weighted by Crippen LogP contribution is -2.17. The fourth-order valence-corrected chi connectivity index (χ4v) is 13.8. The molecule has 0 fully saturated rings. The van der Waals surface area contributed by atoms with Gasteiger partial charge in [0.05, 0.1) is 56.3 Å². The number of para-hydroxylation sites is 10. The normalized spacial score (nSPS) is 11.3. The van der Waals surface area contributed by atoms with E-state index in [-0.39, 0.29) is 0 Å². The summed E-state index contributed by atoms with van der Waals surface area (Å²) in [5, 5.41) is 4.13. The van der Waals surface area contributed by atoms with E-state index in [2.05, 4.69) is 406 Å². The van der Waals surface area contributed by atoms with E-state index in [1.54, 1.807) is 0 Å². The van der Waals surface area contributed by atoms with Crippen molar-refractivity contribution in [3.8, 4) is 0 Å². The molecule has 8 heteroatoms. The second-order valence-electron chi connectivity index (χ2n) is 24.1. The zero-order chi connectivity index (χ0) is 65.1. The van der Waals surface area contributed by atoms with Crippen LogP contribution >= 0.6 is 0 Å². The lowest BCUT2D eigenvalue weighted by molar-refractivity contribution is 0.668. The van der Waals surface area contributed by atoms with Crippen molar-refractivity contribution in [2.24, 2.45) is 0 Å². The van der Waals surface area contributed by atoms with Crippen molar-refractivity contribution in [2.45, 2.75) is 0 Å². The Morgan fingerprint density at radius 2 is 0.337 bits per heavy atom. The van der Waals surface area contributed by atoms with E-state index in [1.165, 1.54) is 0 Å². The standard InChI is InChI=1S/C90H64N6O2/c1-9-32-65(33-10-1)91(66-34-11-2-12-35-66)75-59-77(63-79(61-75)95(71-44-21-7-22-45-71)83-52-30-56-87-89(83)81-50-25-27-54-85(81)97-87)93(69-40-17-5-18-41-69)73-48-29-49-74(58-73)94(70-42-19-6-20-43-70)78-60-76(92(67-36-13-3-14-37-67)68-38-15-4-16-39-68)62-80(64-78)96(72-46-23-8-24-47-72)84-53-31-57-88-90(84)82-51-26-28-55-86(82)98-88/h1-64H. The van der Waals surface area contributed by atoms with Gasteiger partial charge < -0.3 is 38.2 Å². The third-order valence-electron chi connectivity index (χ3n) is 18.0. The van der Waals surface area contributed by atoms with Crippen molar-refractivity contribution in [3.05, 3.63) is 388 Å². The third-order valence-corrected chi connectivity index (χ3v) is 18.0. The fraction of sp³-hybridized carbons (Fsp3) is 0. The van der Waals surface area contributed by atoms with Crippen LogP contribution in [0.25, 0.3) is 43.9 Å². The van der Waals surface area contributed by atoms with E-state index in [9.17, 15) is 0 Å². The summed E-state index contributed by atoms with van der Waals surface area (Å²) in [6.45, 7) is 0. The molecule has 0 aliphatic carbocycles. The first-order valence-electron chi connectivity index (χ1n) is 33.1. The monoisotopic (exact) mass is 1260 g/mol. The van der Waals surface area contributed by atoms with E-state index in [1.807, 2.05) is 12.1 Å². The quantitative estimate of drug-likeness (QED) is 0.0842. The average Bonchev–Trinajstić information content (AvgIpc) is 1.13. The van der Waals surface area contributed by atoms with Crippen molar-refractivity contribution in [1.29, 1.82) is 0 Å². The van der Waals surface area contributed by atoms with Crippen LogP contribution in [0.1, 0.15) is 0 Å². The molecule has 466 valence electrons. The van der Waals surface area contributed by atoms with Gasteiger partial charge in [-0.2, -0.15) is 0 Å². The van der Waals surface area contributed by atoms with Gasteiger partial charge in [0.2, 0.25) is 0 Å². The van der Waals surface area contributed by atoms with E-state index < -0.39 is 0 Å². The molecule has 2 aromatic heterocycles. The number of anilines is 18. The van der Waals surface area contributed by atoms with Gasteiger partial charge in [-0.05, 0) is 188 Å². The summed E-state index contributed by atoms with van der Waals surface area (Å²) in [5.74, 6) is 0. The van der Waals surface area contributed by atoms with E-state index in [0.29, 0.717) is 0 Å². The molecule has 2 heterocycles. The van der Waals surface area contributed by atoms with Crippen molar-refractivity contribution in [1.82, 2.24) is 0 Å².